The molecule has 3 rings (SSSR count). The molecule has 0 spiro atoms. The van der Waals surface area contributed by atoms with E-state index in [1.807, 2.05) is 48.5 Å². The van der Waals surface area contributed by atoms with Gasteiger partial charge in [0.25, 0.3) is 0 Å². The number of ether oxygens (including phenoxy) is 3. The molecule has 0 aromatic heterocycles. The number of hydrogen-bond donors (Lipinski definition) is 1. The third-order valence-electron chi connectivity index (χ3n) is 4.50. The van der Waals surface area contributed by atoms with Gasteiger partial charge in [0.05, 0.1) is 14.2 Å². The van der Waals surface area contributed by atoms with Crippen LogP contribution >= 0.6 is 35.6 Å². The number of para-hydroxylation sites is 1. The highest BCUT2D eigenvalue weighted by Gasteiger charge is 2.10. The van der Waals surface area contributed by atoms with Crippen LogP contribution in [0.15, 0.2) is 60.7 Å². The molecule has 0 unspecified atom stereocenters. The van der Waals surface area contributed by atoms with Gasteiger partial charge in [-0.1, -0.05) is 53.5 Å². The zero-order valence-electron chi connectivity index (χ0n) is 16.8. The van der Waals surface area contributed by atoms with E-state index < -0.39 is 0 Å². The molecule has 0 radical (unpaired) electrons. The van der Waals surface area contributed by atoms with Crippen molar-refractivity contribution in [3.8, 4) is 17.2 Å². The summed E-state index contributed by atoms with van der Waals surface area (Å²) in [5.74, 6) is 2.17. The van der Waals surface area contributed by atoms with Crippen LogP contribution in [-0.4, -0.2) is 14.2 Å². The van der Waals surface area contributed by atoms with Gasteiger partial charge >= 0.3 is 0 Å². The first-order valence-electron chi connectivity index (χ1n) is 9.17. The third kappa shape index (κ3) is 6.19. The Morgan fingerprint density at radius 1 is 0.767 bits per heavy atom. The fourth-order valence-electron chi connectivity index (χ4n) is 2.95. The molecule has 0 fully saturated rings. The average molecular weight is 469 g/mol. The monoisotopic (exact) mass is 467 g/mol. The summed E-state index contributed by atoms with van der Waals surface area (Å²) in [5.41, 5.74) is 2.94. The quantitative estimate of drug-likeness (QED) is 0.400. The van der Waals surface area contributed by atoms with Crippen molar-refractivity contribution in [1.82, 2.24) is 5.32 Å². The highest BCUT2D eigenvalue weighted by Crippen LogP contribution is 2.31. The minimum absolute atomic E-state index is 0. The molecule has 160 valence electrons. The summed E-state index contributed by atoms with van der Waals surface area (Å²) in [4.78, 5) is 0. The van der Waals surface area contributed by atoms with Crippen LogP contribution in [0.1, 0.15) is 16.7 Å². The molecular formula is C23H24Cl3NO3. The van der Waals surface area contributed by atoms with Crippen molar-refractivity contribution in [2.24, 2.45) is 0 Å². The van der Waals surface area contributed by atoms with Crippen LogP contribution in [-0.2, 0) is 19.7 Å². The van der Waals surface area contributed by atoms with Gasteiger partial charge in [0.1, 0.15) is 12.4 Å². The van der Waals surface area contributed by atoms with E-state index in [0.717, 1.165) is 22.4 Å². The summed E-state index contributed by atoms with van der Waals surface area (Å²) in [6.07, 6.45) is 0. The molecule has 0 saturated carbocycles. The predicted octanol–water partition coefficient (Wildman–Crippen LogP) is 6.30. The predicted molar refractivity (Wildman–Crippen MR) is 125 cm³/mol. The van der Waals surface area contributed by atoms with Crippen molar-refractivity contribution in [2.75, 3.05) is 14.2 Å². The SMILES string of the molecule is COc1ccccc1CNCc1ccc(OCc2c(Cl)cccc2Cl)c(OC)c1.Cl. The smallest absolute Gasteiger partial charge is 0.161 e. The largest absolute Gasteiger partial charge is 0.496 e. The zero-order valence-corrected chi connectivity index (χ0v) is 19.1. The first-order valence-corrected chi connectivity index (χ1v) is 9.93. The molecule has 0 atom stereocenters. The van der Waals surface area contributed by atoms with Crippen LogP contribution in [0.2, 0.25) is 10.0 Å². The molecule has 0 aliphatic rings. The number of rotatable bonds is 9. The van der Waals surface area contributed by atoms with Gasteiger partial charge in [0.15, 0.2) is 11.5 Å². The molecule has 4 nitrogen and oxygen atoms in total. The van der Waals surface area contributed by atoms with E-state index in [4.69, 9.17) is 37.4 Å². The highest BCUT2D eigenvalue weighted by atomic mass is 35.5. The summed E-state index contributed by atoms with van der Waals surface area (Å²) in [5, 5.41) is 4.58. The minimum atomic E-state index is 0. The van der Waals surface area contributed by atoms with Crippen molar-refractivity contribution >= 4 is 35.6 Å². The topological polar surface area (TPSA) is 39.7 Å². The lowest BCUT2D eigenvalue weighted by Crippen LogP contribution is -2.13. The van der Waals surface area contributed by atoms with Gasteiger partial charge in [-0.25, -0.2) is 0 Å². The zero-order chi connectivity index (χ0) is 20.6. The van der Waals surface area contributed by atoms with Crippen LogP contribution < -0.4 is 19.5 Å². The van der Waals surface area contributed by atoms with Gasteiger partial charge in [-0.05, 0) is 35.9 Å². The van der Waals surface area contributed by atoms with Crippen molar-refractivity contribution < 1.29 is 14.2 Å². The number of nitrogens with one attached hydrogen (secondary N) is 1. The summed E-state index contributed by atoms with van der Waals surface area (Å²) < 4.78 is 16.8. The Kier molecular flexibility index (Phi) is 9.60. The molecule has 0 saturated heterocycles. The van der Waals surface area contributed by atoms with Gasteiger partial charge in [-0.15, -0.1) is 12.4 Å². The van der Waals surface area contributed by atoms with E-state index in [1.165, 1.54) is 0 Å². The molecule has 0 bridgehead atoms. The van der Waals surface area contributed by atoms with Crippen LogP contribution in [0.3, 0.4) is 0 Å². The van der Waals surface area contributed by atoms with Crippen LogP contribution in [0.4, 0.5) is 0 Å². The first-order chi connectivity index (χ1) is 14.1. The Balaban J connectivity index is 0.00000320. The van der Waals surface area contributed by atoms with Crippen LogP contribution in [0.25, 0.3) is 0 Å². The number of halogens is 3. The van der Waals surface area contributed by atoms with E-state index in [-0.39, 0.29) is 19.0 Å². The first kappa shape index (κ1) is 24.2. The number of benzene rings is 3. The second-order valence-electron chi connectivity index (χ2n) is 6.39. The minimum Gasteiger partial charge on any atom is -0.496 e. The second-order valence-corrected chi connectivity index (χ2v) is 7.20. The average Bonchev–Trinajstić information content (AvgIpc) is 2.74. The standard InChI is InChI=1S/C23H23Cl2NO3.ClH/c1-27-21-9-4-3-6-17(21)14-26-13-16-10-11-22(23(12-16)28-2)29-15-18-19(24)7-5-8-20(18)25;/h3-12,26H,13-15H2,1-2H3;1H. The van der Waals surface area contributed by atoms with Crippen LogP contribution in [0, 0.1) is 0 Å². The van der Waals surface area contributed by atoms with Crippen molar-refractivity contribution in [3.63, 3.8) is 0 Å². The van der Waals surface area contributed by atoms with Gasteiger partial charge < -0.3 is 19.5 Å². The summed E-state index contributed by atoms with van der Waals surface area (Å²) in [6, 6.07) is 19.2. The second kappa shape index (κ2) is 11.9. The van der Waals surface area contributed by atoms with E-state index in [1.54, 1.807) is 26.4 Å². The molecule has 3 aromatic carbocycles. The number of methoxy groups -OCH3 is 2. The summed E-state index contributed by atoms with van der Waals surface area (Å²) in [7, 11) is 3.30. The molecule has 7 heteroatoms. The Hall–Kier alpha value is -2.11. The summed E-state index contributed by atoms with van der Waals surface area (Å²) >= 11 is 12.4. The van der Waals surface area contributed by atoms with Crippen LogP contribution in [0.5, 0.6) is 17.2 Å². The Bertz CT molecular complexity index is 946. The van der Waals surface area contributed by atoms with Crippen molar-refractivity contribution in [1.29, 1.82) is 0 Å². The van der Waals surface area contributed by atoms with E-state index >= 15 is 0 Å². The molecule has 0 aliphatic carbocycles. The Morgan fingerprint density at radius 3 is 2.17 bits per heavy atom. The maximum Gasteiger partial charge on any atom is 0.161 e. The fraction of sp³-hybridized carbons (Fsp3) is 0.217. The van der Waals surface area contributed by atoms with E-state index in [9.17, 15) is 0 Å². The molecule has 0 amide bonds. The highest BCUT2D eigenvalue weighted by molar-refractivity contribution is 6.35. The molecule has 30 heavy (non-hydrogen) atoms. The van der Waals surface area contributed by atoms with Gasteiger partial charge in [0, 0.05) is 34.3 Å². The van der Waals surface area contributed by atoms with E-state index in [2.05, 4.69) is 5.32 Å². The van der Waals surface area contributed by atoms with E-state index in [0.29, 0.717) is 34.6 Å². The Morgan fingerprint density at radius 2 is 1.47 bits per heavy atom. The fourth-order valence-corrected chi connectivity index (χ4v) is 3.46. The maximum atomic E-state index is 6.21. The number of hydrogen-bond acceptors (Lipinski definition) is 4. The lowest BCUT2D eigenvalue weighted by Gasteiger charge is -2.14. The van der Waals surface area contributed by atoms with Gasteiger partial charge in [-0.3, -0.25) is 0 Å². The molecule has 0 aliphatic heterocycles. The van der Waals surface area contributed by atoms with Gasteiger partial charge in [0.2, 0.25) is 0 Å². The molecule has 1 N–H and O–H groups in total. The third-order valence-corrected chi connectivity index (χ3v) is 5.21. The van der Waals surface area contributed by atoms with Crippen molar-refractivity contribution in [2.45, 2.75) is 19.7 Å². The normalized spacial score (nSPS) is 10.3. The summed E-state index contributed by atoms with van der Waals surface area (Å²) in [6.45, 7) is 1.65. The molecular weight excluding hydrogens is 445 g/mol. The van der Waals surface area contributed by atoms with Crippen molar-refractivity contribution in [3.05, 3.63) is 87.4 Å². The maximum absolute atomic E-state index is 6.21. The Labute approximate surface area is 193 Å². The lowest BCUT2D eigenvalue weighted by atomic mass is 10.1. The molecule has 3 aromatic rings. The lowest BCUT2D eigenvalue weighted by molar-refractivity contribution is 0.284. The van der Waals surface area contributed by atoms with Gasteiger partial charge in [-0.2, -0.15) is 0 Å². The molecule has 0 heterocycles.